The highest BCUT2D eigenvalue weighted by atomic mass is 16.3. The summed E-state index contributed by atoms with van der Waals surface area (Å²) in [5, 5.41) is 6.99. The van der Waals surface area contributed by atoms with Crippen LogP contribution in [0.3, 0.4) is 0 Å². The second-order valence-corrected chi connectivity index (χ2v) is 15.6. The van der Waals surface area contributed by atoms with Crippen LogP contribution in [0.15, 0.2) is 233 Å². The fraction of sp³-hybridized carbons (Fsp3) is 0. The maximum atomic E-state index is 6.46. The number of para-hydroxylation sites is 4. The van der Waals surface area contributed by atoms with Gasteiger partial charge in [0.2, 0.25) is 0 Å². The van der Waals surface area contributed by atoms with Crippen LogP contribution < -0.4 is 4.90 Å². The Labute approximate surface area is 353 Å². The Hall–Kier alpha value is -8.14. The van der Waals surface area contributed by atoms with Crippen molar-refractivity contribution in [3.8, 4) is 44.5 Å². The Balaban J connectivity index is 0.980. The van der Waals surface area contributed by atoms with Crippen LogP contribution in [-0.4, -0.2) is 0 Å². The van der Waals surface area contributed by atoms with Crippen LogP contribution in [0, 0.1) is 0 Å². The van der Waals surface area contributed by atoms with Gasteiger partial charge < -0.3 is 13.7 Å². The van der Waals surface area contributed by atoms with Crippen molar-refractivity contribution in [2.45, 2.75) is 0 Å². The Morgan fingerprint density at radius 1 is 0.279 bits per heavy atom. The quantitative estimate of drug-likeness (QED) is 0.161. The molecule has 2 heterocycles. The third kappa shape index (κ3) is 5.98. The molecule has 3 nitrogen and oxygen atoms in total. The van der Waals surface area contributed by atoms with Crippen LogP contribution in [0.25, 0.3) is 99.2 Å². The van der Waals surface area contributed by atoms with E-state index >= 15 is 0 Å². The van der Waals surface area contributed by atoms with E-state index < -0.39 is 0 Å². The molecule has 0 amide bonds. The topological polar surface area (TPSA) is 29.5 Å². The molecule has 286 valence electrons. The lowest BCUT2D eigenvalue weighted by molar-refractivity contribution is 0.669. The predicted octanol–water partition coefficient (Wildman–Crippen LogP) is 16.8. The van der Waals surface area contributed by atoms with Crippen molar-refractivity contribution in [1.29, 1.82) is 0 Å². The van der Waals surface area contributed by atoms with Crippen LogP contribution in [0.1, 0.15) is 0 Å². The van der Waals surface area contributed by atoms with Crippen LogP contribution >= 0.6 is 0 Å². The summed E-state index contributed by atoms with van der Waals surface area (Å²) in [5.41, 5.74) is 15.8. The molecular formula is C58H37NO2. The molecule has 12 aromatic rings. The van der Waals surface area contributed by atoms with Crippen molar-refractivity contribution in [2.24, 2.45) is 0 Å². The molecule has 10 aromatic carbocycles. The largest absolute Gasteiger partial charge is 0.456 e. The maximum Gasteiger partial charge on any atom is 0.143 e. The molecule has 2 aromatic heterocycles. The van der Waals surface area contributed by atoms with E-state index in [4.69, 9.17) is 8.83 Å². The highest BCUT2D eigenvalue weighted by Gasteiger charge is 2.20. The van der Waals surface area contributed by atoms with E-state index in [0.717, 1.165) is 94.3 Å². The molecule has 0 radical (unpaired) electrons. The van der Waals surface area contributed by atoms with Crippen molar-refractivity contribution in [3.63, 3.8) is 0 Å². The Bertz CT molecular complexity index is 3590. The number of nitrogens with zero attached hydrogens (tertiary/aromatic N) is 1. The molecule has 0 unspecified atom stereocenters. The number of furan rings is 2. The minimum absolute atomic E-state index is 0.873. The summed E-state index contributed by atoms with van der Waals surface area (Å²) in [6.45, 7) is 0. The van der Waals surface area contributed by atoms with Crippen LogP contribution in [-0.2, 0) is 0 Å². The van der Waals surface area contributed by atoms with Crippen molar-refractivity contribution < 1.29 is 8.83 Å². The fourth-order valence-corrected chi connectivity index (χ4v) is 9.14. The van der Waals surface area contributed by atoms with Crippen molar-refractivity contribution >= 4 is 71.7 Å². The summed E-state index contributed by atoms with van der Waals surface area (Å²) in [5.74, 6) is 0. The second-order valence-electron chi connectivity index (χ2n) is 15.6. The molecule has 61 heavy (non-hydrogen) atoms. The van der Waals surface area contributed by atoms with Gasteiger partial charge in [-0.3, -0.25) is 0 Å². The van der Waals surface area contributed by atoms with Gasteiger partial charge in [-0.2, -0.15) is 0 Å². The molecule has 0 aliphatic heterocycles. The summed E-state index contributed by atoms with van der Waals surface area (Å²) in [4.78, 5) is 2.37. The molecule has 0 aliphatic carbocycles. The van der Waals surface area contributed by atoms with Gasteiger partial charge in [-0.05, 0) is 98.8 Å². The number of fused-ring (bicyclic) bond motifs is 7. The lowest BCUT2D eigenvalue weighted by Crippen LogP contribution is -2.11. The molecule has 0 fully saturated rings. The molecule has 0 saturated heterocycles. The Morgan fingerprint density at radius 3 is 1.69 bits per heavy atom. The zero-order valence-corrected chi connectivity index (χ0v) is 33.1. The molecule has 12 rings (SSSR count). The van der Waals surface area contributed by atoms with Gasteiger partial charge in [0.25, 0.3) is 0 Å². The number of hydrogen-bond acceptors (Lipinski definition) is 3. The summed E-state index contributed by atoms with van der Waals surface area (Å²) in [6, 6.07) is 80.0. The van der Waals surface area contributed by atoms with Crippen LogP contribution in [0.2, 0.25) is 0 Å². The molecule has 0 atom stereocenters. The van der Waals surface area contributed by atoms with Crippen molar-refractivity contribution in [3.05, 3.63) is 224 Å². The predicted molar refractivity (Wildman–Crippen MR) is 255 cm³/mol. The average molecular weight is 780 g/mol. The first-order valence-corrected chi connectivity index (χ1v) is 20.7. The zero-order valence-electron chi connectivity index (χ0n) is 33.1. The smallest absolute Gasteiger partial charge is 0.143 e. The highest BCUT2D eigenvalue weighted by molar-refractivity contribution is 6.10. The van der Waals surface area contributed by atoms with Crippen LogP contribution in [0.4, 0.5) is 17.1 Å². The van der Waals surface area contributed by atoms with Gasteiger partial charge >= 0.3 is 0 Å². The van der Waals surface area contributed by atoms with E-state index in [0.29, 0.717) is 0 Å². The number of hydrogen-bond donors (Lipinski definition) is 0. The molecule has 0 N–H and O–H groups in total. The van der Waals surface area contributed by atoms with Gasteiger partial charge in [0.15, 0.2) is 0 Å². The van der Waals surface area contributed by atoms with Crippen molar-refractivity contribution in [1.82, 2.24) is 0 Å². The second kappa shape index (κ2) is 14.3. The number of rotatable bonds is 7. The summed E-state index contributed by atoms with van der Waals surface area (Å²) in [6.07, 6.45) is 0. The highest BCUT2D eigenvalue weighted by Crippen LogP contribution is 2.44. The van der Waals surface area contributed by atoms with Gasteiger partial charge in [-0.15, -0.1) is 0 Å². The molecule has 0 aliphatic rings. The third-order valence-electron chi connectivity index (χ3n) is 12.1. The minimum Gasteiger partial charge on any atom is -0.456 e. The molecule has 0 spiro atoms. The van der Waals surface area contributed by atoms with Gasteiger partial charge in [-0.25, -0.2) is 0 Å². The minimum atomic E-state index is 0.873. The summed E-state index contributed by atoms with van der Waals surface area (Å²) in [7, 11) is 0. The zero-order chi connectivity index (χ0) is 40.3. The van der Waals surface area contributed by atoms with Gasteiger partial charge in [0, 0.05) is 44.0 Å². The Morgan fingerprint density at radius 2 is 0.836 bits per heavy atom. The fourth-order valence-electron chi connectivity index (χ4n) is 9.14. The summed E-state index contributed by atoms with van der Waals surface area (Å²) >= 11 is 0. The van der Waals surface area contributed by atoms with E-state index in [9.17, 15) is 0 Å². The Kier molecular flexibility index (Phi) is 8.17. The number of anilines is 3. The van der Waals surface area contributed by atoms with Gasteiger partial charge in [-0.1, -0.05) is 170 Å². The van der Waals surface area contributed by atoms with Gasteiger partial charge in [0.05, 0.1) is 5.69 Å². The van der Waals surface area contributed by atoms with E-state index in [1.807, 2.05) is 24.3 Å². The normalized spacial score (nSPS) is 11.6. The third-order valence-corrected chi connectivity index (χ3v) is 12.1. The maximum absolute atomic E-state index is 6.46. The SMILES string of the molecule is c1cc(-c2ccc(-c3cccc4ccccc34)cc2)cc(N(c2ccc(-c3cccc4c3oc3ccccc34)cc2)c2ccccc2-c2ccc3c(c2)oc2ccccc23)c1. The van der Waals surface area contributed by atoms with E-state index in [1.165, 1.54) is 21.9 Å². The molecule has 0 saturated carbocycles. The van der Waals surface area contributed by atoms with E-state index in [-0.39, 0.29) is 0 Å². The summed E-state index contributed by atoms with van der Waals surface area (Å²) < 4.78 is 12.8. The van der Waals surface area contributed by atoms with Gasteiger partial charge in [0.1, 0.15) is 22.3 Å². The molecular weight excluding hydrogens is 743 g/mol. The van der Waals surface area contributed by atoms with Crippen molar-refractivity contribution in [2.75, 3.05) is 4.90 Å². The lowest BCUT2D eigenvalue weighted by atomic mass is 9.96. The first-order valence-electron chi connectivity index (χ1n) is 20.7. The number of benzene rings is 10. The molecule has 3 heteroatoms. The monoisotopic (exact) mass is 779 g/mol. The van der Waals surface area contributed by atoms with E-state index in [1.54, 1.807) is 0 Å². The van der Waals surface area contributed by atoms with Crippen LogP contribution in [0.5, 0.6) is 0 Å². The first kappa shape index (κ1) is 34.9. The first-order chi connectivity index (χ1) is 30.2. The standard InChI is InChI=1S/C58H37NO2/c1-2-16-46-39(12-1)13-10-20-47(46)40-28-26-38(27-29-40)42-14-9-15-45(36-42)59(44-33-30-41(31-34-44)49-21-11-22-53-51-19-5-8-25-56(51)61-58(49)53)54-23-6-3-17-48(54)43-32-35-52-50-18-4-7-24-55(50)60-57(52)37-43/h1-37H. The average Bonchev–Trinajstić information content (AvgIpc) is 3.90. The van der Waals surface area contributed by atoms with E-state index in [2.05, 4.69) is 205 Å². The molecule has 0 bridgehead atoms. The lowest BCUT2D eigenvalue weighted by Gasteiger charge is -2.28.